The van der Waals surface area contributed by atoms with Crippen molar-refractivity contribution >= 4 is 29.3 Å². The van der Waals surface area contributed by atoms with Crippen molar-refractivity contribution in [1.29, 1.82) is 0 Å². The van der Waals surface area contributed by atoms with E-state index in [2.05, 4.69) is 15.4 Å². The van der Waals surface area contributed by atoms with Crippen LogP contribution in [0.1, 0.15) is 24.2 Å². The van der Waals surface area contributed by atoms with Crippen LogP contribution in [0.5, 0.6) is 5.75 Å². The van der Waals surface area contributed by atoms with Crippen LogP contribution in [0.2, 0.25) is 0 Å². The molecule has 2 amide bonds. The van der Waals surface area contributed by atoms with Gasteiger partial charge in [0.1, 0.15) is 5.75 Å². The van der Waals surface area contributed by atoms with Gasteiger partial charge in [-0.1, -0.05) is 12.1 Å². The third-order valence-electron chi connectivity index (χ3n) is 3.10. The molecule has 0 aromatic heterocycles. The molecule has 2 rings (SSSR count). The Morgan fingerprint density at radius 2 is 1.64 bits per heavy atom. The Morgan fingerprint density at radius 1 is 0.960 bits per heavy atom. The number of carbonyl (C=O) groups excluding carboxylic acids is 3. The van der Waals surface area contributed by atoms with Crippen LogP contribution < -0.4 is 15.4 Å². The highest BCUT2D eigenvalue weighted by Gasteiger charge is 2.07. The first kappa shape index (κ1) is 18.0. The molecular formula is C18H18N2O5. The van der Waals surface area contributed by atoms with Gasteiger partial charge >= 0.3 is 12.2 Å². The normalized spacial score (nSPS) is 9.84. The van der Waals surface area contributed by atoms with E-state index < -0.39 is 12.2 Å². The summed E-state index contributed by atoms with van der Waals surface area (Å²) in [5.41, 5.74) is 1.53. The molecule has 0 aliphatic heterocycles. The molecule has 0 aliphatic rings. The molecule has 0 unspecified atom stereocenters. The second kappa shape index (κ2) is 8.49. The Kier molecular flexibility index (Phi) is 6.11. The summed E-state index contributed by atoms with van der Waals surface area (Å²) in [4.78, 5) is 34.6. The number of Topliss-reactive ketones (excluding diaryl/α,β-unsaturated/α-hetero) is 1. The molecule has 0 atom stereocenters. The number of urea groups is 1. The van der Waals surface area contributed by atoms with Crippen LogP contribution in [0.15, 0.2) is 48.5 Å². The van der Waals surface area contributed by atoms with Crippen LogP contribution in [-0.4, -0.2) is 24.6 Å². The van der Waals surface area contributed by atoms with Crippen molar-refractivity contribution in [1.82, 2.24) is 0 Å². The molecule has 0 radical (unpaired) electrons. The standard InChI is InChI=1S/C18H18N2O5/c1-3-24-18(23)25-16-9-7-14(8-10-16)19-17(22)20-15-6-4-5-13(11-15)12(2)21/h4-11H,3H2,1-2H3,(H2,19,20,22). The van der Waals surface area contributed by atoms with Crippen LogP contribution in [0.4, 0.5) is 21.0 Å². The summed E-state index contributed by atoms with van der Waals surface area (Å²) in [5.74, 6) is 0.222. The second-order valence-electron chi connectivity index (χ2n) is 5.03. The maximum Gasteiger partial charge on any atom is 0.513 e. The molecule has 0 saturated heterocycles. The molecule has 0 bridgehead atoms. The number of benzene rings is 2. The minimum atomic E-state index is -0.786. The van der Waals surface area contributed by atoms with E-state index in [1.54, 1.807) is 43.3 Å². The zero-order chi connectivity index (χ0) is 18.2. The van der Waals surface area contributed by atoms with Crippen LogP contribution in [-0.2, 0) is 4.74 Å². The van der Waals surface area contributed by atoms with Gasteiger partial charge in [0.15, 0.2) is 5.78 Å². The second-order valence-corrected chi connectivity index (χ2v) is 5.03. The van der Waals surface area contributed by atoms with Gasteiger partial charge in [0.25, 0.3) is 0 Å². The Labute approximate surface area is 144 Å². The Bertz CT molecular complexity index is 771. The number of ether oxygens (including phenoxy) is 2. The van der Waals surface area contributed by atoms with Crippen molar-refractivity contribution in [3.8, 4) is 5.75 Å². The van der Waals surface area contributed by atoms with E-state index >= 15 is 0 Å². The van der Waals surface area contributed by atoms with E-state index in [-0.39, 0.29) is 12.4 Å². The van der Waals surface area contributed by atoms with E-state index in [1.807, 2.05) is 0 Å². The van der Waals surface area contributed by atoms with Crippen molar-refractivity contribution < 1.29 is 23.9 Å². The molecule has 2 aromatic rings. The molecule has 0 heterocycles. The summed E-state index contributed by atoms with van der Waals surface area (Å²) in [6.07, 6.45) is -0.786. The highest BCUT2D eigenvalue weighted by molar-refractivity contribution is 6.01. The van der Waals surface area contributed by atoms with Gasteiger partial charge in [-0.2, -0.15) is 0 Å². The molecule has 7 nitrogen and oxygen atoms in total. The number of amides is 2. The lowest BCUT2D eigenvalue weighted by atomic mass is 10.1. The predicted octanol–water partition coefficient (Wildman–Crippen LogP) is 4.07. The van der Waals surface area contributed by atoms with Gasteiger partial charge in [-0.25, -0.2) is 9.59 Å². The van der Waals surface area contributed by atoms with E-state index in [0.29, 0.717) is 22.7 Å². The fourth-order valence-corrected chi connectivity index (χ4v) is 1.96. The number of nitrogens with one attached hydrogen (secondary N) is 2. The highest BCUT2D eigenvalue weighted by Crippen LogP contribution is 2.17. The minimum Gasteiger partial charge on any atom is -0.434 e. The van der Waals surface area contributed by atoms with Crippen molar-refractivity contribution in [2.24, 2.45) is 0 Å². The van der Waals surface area contributed by atoms with Crippen LogP contribution in [0.3, 0.4) is 0 Å². The van der Waals surface area contributed by atoms with Crippen molar-refractivity contribution in [2.45, 2.75) is 13.8 Å². The molecule has 7 heteroatoms. The summed E-state index contributed by atoms with van der Waals surface area (Å²) in [6, 6.07) is 12.4. The molecule has 0 saturated carbocycles. The first-order chi connectivity index (χ1) is 12.0. The van der Waals surface area contributed by atoms with Crippen molar-refractivity contribution in [2.75, 3.05) is 17.2 Å². The molecular weight excluding hydrogens is 324 g/mol. The Morgan fingerprint density at radius 3 is 2.28 bits per heavy atom. The summed E-state index contributed by atoms with van der Waals surface area (Å²) >= 11 is 0. The monoisotopic (exact) mass is 342 g/mol. The summed E-state index contributed by atoms with van der Waals surface area (Å²) in [7, 11) is 0. The van der Waals surface area contributed by atoms with E-state index in [0.717, 1.165) is 0 Å². The molecule has 0 fully saturated rings. The lowest BCUT2D eigenvalue weighted by Crippen LogP contribution is -2.19. The lowest BCUT2D eigenvalue weighted by Gasteiger charge is -2.09. The fraction of sp³-hybridized carbons (Fsp3) is 0.167. The van der Waals surface area contributed by atoms with Gasteiger partial charge in [-0.05, 0) is 50.2 Å². The Balaban J connectivity index is 1.93. The number of hydrogen-bond donors (Lipinski definition) is 2. The lowest BCUT2D eigenvalue weighted by molar-refractivity contribution is 0.101. The quantitative estimate of drug-likeness (QED) is 0.485. The topological polar surface area (TPSA) is 93.7 Å². The largest absolute Gasteiger partial charge is 0.513 e. The van der Waals surface area contributed by atoms with E-state index in [9.17, 15) is 14.4 Å². The average molecular weight is 342 g/mol. The predicted molar refractivity (Wildman–Crippen MR) is 93.2 cm³/mol. The third kappa shape index (κ3) is 5.65. The fourth-order valence-electron chi connectivity index (χ4n) is 1.96. The zero-order valence-corrected chi connectivity index (χ0v) is 13.9. The summed E-state index contributed by atoms with van der Waals surface area (Å²) < 4.78 is 9.59. The number of rotatable bonds is 5. The van der Waals surface area contributed by atoms with Crippen LogP contribution >= 0.6 is 0 Å². The van der Waals surface area contributed by atoms with Crippen molar-refractivity contribution in [3.05, 3.63) is 54.1 Å². The SMILES string of the molecule is CCOC(=O)Oc1ccc(NC(=O)Nc2cccc(C(C)=O)c2)cc1. The minimum absolute atomic E-state index is 0.0822. The number of ketones is 1. The number of hydrogen-bond acceptors (Lipinski definition) is 5. The molecule has 0 aliphatic carbocycles. The molecule has 25 heavy (non-hydrogen) atoms. The zero-order valence-electron chi connectivity index (χ0n) is 13.9. The first-order valence-electron chi connectivity index (χ1n) is 7.61. The van der Waals surface area contributed by atoms with Gasteiger partial charge in [-0.3, -0.25) is 4.79 Å². The van der Waals surface area contributed by atoms with Gasteiger partial charge in [0, 0.05) is 16.9 Å². The van der Waals surface area contributed by atoms with Crippen molar-refractivity contribution in [3.63, 3.8) is 0 Å². The molecule has 130 valence electrons. The maximum absolute atomic E-state index is 12.0. The third-order valence-corrected chi connectivity index (χ3v) is 3.10. The van der Waals surface area contributed by atoms with Crippen LogP contribution in [0, 0.1) is 0 Å². The van der Waals surface area contributed by atoms with Crippen LogP contribution in [0.25, 0.3) is 0 Å². The summed E-state index contributed by atoms with van der Waals surface area (Å²) in [6.45, 7) is 3.36. The number of carbonyl (C=O) groups is 3. The highest BCUT2D eigenvalue weighted by atomic mass is 16.7. The van der Waals surface area contributed by atoms with E-state index in [1.165, 1.54) is 19.1 Å². The average Bonchev–Trinajstić information content (AvgIpc) is 2.57. The maximum atomic E-state index is 12.0. The molecule has 0 spiro atoms. The summed E-state index contributed by atoms with van der Waals surface area (Å²) in [5, 5.41) is 5.28. The number of anilines is 2. The van der Waals surface area contributed by atoms with Gasteiger partial charge in [0.2, 0.25) is 0 Å². The van der Waals surface area contributed by atoms with Gasteiger partial charge in [0.05, 0.1) is 6.61 Å². The Hall–Kier alpha value is -3.35. The molecule has 2 aromatic carbocycles. The smallest absolute Gasteiger partial charge is 0.434 e. The van der Waals surface area contributed by atoms with E-state index in [4.69, 9.17) is 4.74 Å². The molecule has 2 N–H and O–H groups in total. The van der Waals surface area contributed by atoms with Gasteiger partial charge < -0.3 is 20.1 Å². The first-order valence-corrected chi connectivity index (χ1v) is 7.61. The van der Waals surface area contributed by atoms with Gasteiger partial charge in [-0.15, -0.1) is 0 Å².